The summed E-state index contributed by atoms with van der Waals surface area (Å²) in [5, 5.41) is 10.4. The predicted octanol–water partition coefficient (Wildman–Crippen LogP) is 2.27. The van der Waals surface area contributed by atoms with Gasteiger partial charge in [0.15, 0.2) is 0 Å². The minimum Gasteiger partial charge on any atom is -0.390 e. The highest BCUT2D eigenvalue weighted by Crippen LogP contribution is 2.58. The molecule has 4 rings (SSSR count). The summed E-state index contributed by atoms with van der Waals surface area (Å²) >= 11 is 0. The van der Waals surface area contributed by atoms with E-state index in [2.05, 4.69) is 0 Å². The highest BCUT2D eigenvalue weighted by molar-refractivity contribution is 5.10. The fourth-order valence-electron chi connectivity index (χ4n) is 4.52. The molecule has 4 fully saturated rings. The zero-order valence-electron chi connectivity index (χ0n) is 8.83. The van der Waals surface area contributed by atoms with Gasteiger partial charge in [0.1, 0.15) is 0 Å². The van der Waals surface area contributed by atoms with E-state index in [4.69, 9.17) is 4.74 Å². The first-order valence-electron chi connectivity index (χ1n) is 5.81. The van der Waals surface area contributed by atoms with Gasteiger partial charge in [0.05, 0.1) is 17.8 Å². The van der Waals surface area contributed by atoms with E-state index in [1.165, 1.54) is 19.3 Å². The van der Waals surface area contributed by atoms with Gasteiger partial charge >= 0.3 is 0 Å². The Morgan fingerprint density at radius 1 is 1.21 bits per heavy atom. The van der Waals surface area contributed by atoms with Gasteiger partial charge in [-0.25, -0.2) is 0 Å². The topological polar surface area (TPSA) is 29.5 Å². The maximum absolute atomic E-state index is 10.4. The number of ether oxygens (including phenoxy) is 1. The minimum atomic E-state index is -0.382. The molecule has 0 aromatic rings. The fourth-order valence-corrected chi connectivity index (χ4v) is 4.52. The van der Waals surface area contributed by atoms with Gasteiger partial charge in [-0.3, -0.25) is 0 Å². The van der Waals surface area contributed by atoms with Crippen molar-refractivity contribution in [2.45, 2.75) is 56.7 Å². The molecule has 2 nitrogen and oxygen atoms in total. The third-order valence-electron chi connectivity index (χ3n) is 4.34. The Morgan fingerprint density at radius 3 is 2.36 bits per heavy atom. The van der Waals surface area contributed by atoms with E-state index in [1.807, 2.05) is 13.5 Å². The lowest BCUT2D eigenvalue weighted by atomic mass is 9.52. The molecule has 1 radical (unpaired) electrons. The first kappa shape index (κ1) is 9.17. The lowest BCUT2D eigenvalue weighted by Crippen LogP contribution is -2.59. The highest BCUT2D eigenvalue weighted by Gasteiger charge is 2.57. The Labute approximate surface area is 85.6 Å². The molecule has 14 heavy (non-hydrogen) atoms. The van der Waals surface area contributed by atoms with Gasteiger partial charge in [0, 0.05) is 6.42 Å². The smallest absolute Gasteiger partial charge is 0.0813 e. The molecule has 0 heterocycles. The van der Waals surface area contributed by atoms with E-state index >= 15 is 0 Å². The number of hydrogen-bond donors (Lipinski definition) is 1. The van der Waals surface area contributed by atoms with Crippen LogP contribution in [0.1, 0.15) is 45.4 Å². The Morgan fingerprint density at radius 2 is 1.86 bits per heavy atom. The van der Waals surface area contributed by atoms with E-state index in [1.54, 1.807) is 0 Å². The molecule has 0 aromatic heterocycles. The predicted molar refractivity (Wildman–Crippen MR) is 53.4 cm³/mol. The van der Waals surface area contributed by atoms with Gasteiger partial charge in [-0.15, -0.1) is 0 Å². The summed E-state index contributed by atoms with van der Waals surface area (Å²) in [6, 6.07) is 0. The third kappa shape index (κ3) is 1.24. The first-order chi connectivity index (χ1) is 6.63. The lowest BCUT2D eigenvalue weighted by Gasteiger charge is -2.59. The van der Waals surface area contributed by atoms with Gasteiger partial charge in [-0.2, -0.15) is 0 Å². The number of aliphatic hydroxyl groups is 1. The van der Waals surface area contributed by atoms with Crippen molar-refractivity contribution < 1.29 is 9.84 Å². The van der Waals surface area contributed by atoms with E-state index < -0.39 is 0 Å². The van der Waals surface area contributed by atoms with Crippen LogP contribution in [0.2, 0.25) is 0 Å². The van der Waals surface area contributed by atoms with Crippen LogP contribution in [0.15, 0.2) is 0 Å². The Bertz CT molecular complexity index is 235. The fraction of sp³-hybridized carbons (Fsp3) is 0.917. The number of rotatable bonds is 2. The molecule has 4 saturated carbocycles. The second-order valence-corrected chi connectivity index (χ2v) is 5.72. The molecule has 0 aliphatic heterocycles. The van der Waals surface area contributed by atoms with E-state index in [9.17, 15) is 5.11 Å². The summed E-state index contributed by atoms with van der Waals surface area (Å²) in [4.78, 5) is 0. The van der Waals surface area contributed by atoms with Crippen molar-refractivity contribution in [3.05, 3.63) is 6.61 Å². The van der Waals surface area contributed by atoms with Crippen LogP contribution >= 0.6 is 0 Å². The summed E-state index contributed by atoms with van der Waals surface area (Å²) in [6.45, 7) is 3.76. The first-order valence-corrected chi connectivity index (χ1v) is 5.81. The summed E-state index contributed by atoms with van der Waals surface area (Å²) in [7, 11) is 0. The van der Waals surface area contributed by atoms with Crippen LogP contribution in [0.3, 0.4) is 0 Å². The van der Waals surface area contributed by atoms with Gasteiger partial charge in [-0.1, -0.05) is 0 Å². The average Bonchev–Trinajstić information content (AvgIpc) is 1.97. The summed E-state index contributed by atoms with van der Waals surface area (Å²) < 4.78 is 5.82. The minimum absolute atomic E-state index is 0.00752. The SMILES string of the molecule is C[CH]OC12CC3CC(CC(O)(C3)C1)C2. The van der Waals surface area contributed by atoms with Crippen LogP contribution in [0.4, 0.5) is 0 Å². The molecule has 4 aliphatic rings. The van der Waals surface area contributed by atoms with Crippen molar-refractivity contribution in [2.75, 3.05) is 0 Å². The van der Waals surface area contributed by atoms with Crippen molar-refractivity contribution in [2.24, 2.45) is 11.8 Å². The van der Waals surface area contributed by atoms with Gasteiger partial charge in [0.2, 0.25) is 0 Å². The van der Waals surface area contributed by atoms with E-state index in [0.717, 1.165) is 31.1 Å². The van der Waals surface area contributed by atoms with Crippen LogP contribution in [0.5, 0.6) is 0 Å². The molecule has 0 aromatic carbocycles. The maximum Gasteiger partial charge on any atom is 0.0813 e. The lowest BCUT2D eigenvalue weighted by molar-refractivity contribution is -0.207. The van der Waals surface area contributed by atoms with Gasteiger partial charge in [-0.05, 0) is 50.9 Å². The molecule has 0 spiro atoms. The van der Waals surface area contributed by atoms with Crippen molar-refractivity contribution in [3.63, 3.8) is 0 Å². The molecule has 2 heteroatoms. The molecule has 0 saturated heterocycles. The molecule has 0 amide bonds. The van der Waals surface area contributed by atoms with Crippen LogP contribution in [0.25, 0.3) is 0 Å². The Kier molecular flexibility index (Phi) is 1.79. The number of hydrogen-bond acceptors (Lipinski definition) is 2. The van der Waals surface area contributed by atoms with E-state index in [0.29, 0.717) is 0 Å². The van der Waals surface area contributed by atoms with Crippen LogP contribution < -0.4 is 0 Å². The van der Waals surface area contributed by atoms with Gasteiger partial charge < -0.3 is 9.84 Å². The van der Waals surface area contributed by atoms with E-state index in [-0.39, 0.29) is 11.2 Å². The van der Waals surface area contributed by atoms with Crippen LogP contribution in [0, 0.1) is 18.4 Å². The molecule has 4 aliphatic carbocycles. The molecular formula is C12H19O2. The zero-order chi connectivity index (χ0) is 9.81. The van der Waals surface area contributed by atoms with Crippen molar-refractivity contribution in [3.8, 4) is 0 Å². The normalized spacial score (nSPS) is 55.3. The Balaban J connectivity index is 1.89. The zero-order valence-corrected chi connectivity index (χ0v) is 8.83. The monoisotopic (exact) mass is 195 g/mol. The largest absolute Gasteiger partial charge is 0.390 e. The van der Waals surface area contributed by atoms with Crippen molar-refractivity contribution in [1.29, 1.82) is 0 Å². The maximum atomic E-state index is 10.4. The molecule has 1 N–H and O–H groups in total. The third-order valence-corrected chi connectivity index (χ3v) is 4.34. The van der Waals surface area contributed by atoms with Gasteiger partial charge in [0.25, 0.3) is 0 Å². The summed E-state index contributed by atoms with van der Waals surface area (Å²) in [5.74, 6) is 1.45. The molecule has 2 unspecified atom stereocenters. The second kappa shape index (κ2) is 2.73. The highest BCUT2D eigenvalue weighted by atomic mass is 16.5. The molecule has 79 valence electrons. The van der Waals surface area contributed by atoms with Crippen molar-refractivity contribution in [1.82, 2.24) is 0 Å². The quantitative estimate of drug-likeness (QED) is 0.732. The summed E-state index contributed by atoms with van der Waals surface area (Å²) in [6.07, 6.45) is 6.61. The van der Waals surface area contributed by atoms with Crippen molar-refractivity contribution >= 4 is 0 Å². The molecular weight excluding hydrogens is 176 g/mol. The Hall–Kier alpha value is -0.0800. The van der Waals surface area contributed by atoms with Crippen LogP contribution in [-0.2, 0) is 4.74 Å². The molecule has 2 atom stereocenters. The standard InChI is InChI=1S/C12H19O2/c1-2-14-12-6-9-3-10(7-12)5-11(13,4-9)8-12/h2,9-10,13H,3-8H2,1H3. The summed E-state index contributed by atoms with van der Waals surface area (Å²) in [5.41, 5.74) is -0.374. The molecule has 4 bridgehead atoms. The van der Waals surface area contributed by atoms with Crippen LogP contribution in [-0.4, -0.2) is 16.3 Å². The second-order valence-electron chi connectivity index (χ2n) is 5.72. The average molecular weight is 195 g/mol.